The van der Waals surface area contributed by atoms with E-state index in [1.54, 1.807) is 0 Å². The second-order valence-corrected chi connectivity index (χ2v) is 7.70. The number of hydrogen-bond acceptors (Lipinski definition) is 4. The molecule has 2 aliphatic rings. The molecule has 0 bridgehead atoms. The molecule has 0 unspecified atom stereocenters. The highest BCUT2D eigenvalue weighted by Gasteiger charge is 2.17. The van der Waals surface area contributed by atoms with Crippen LogP contribution in [0.15, 0.2) is 78.9 Å². The van der Waals surface area contributed by atoms with Gasteiger partial charge >= 0.3 is 0 Å². The van der Waals surface area contributed by atoms with Crippen LogP contribution in [0.5, 0.6) is 11.5 Å². The molecule has 0 spiro atoms. The summed E-state index contributed by atoms with van der Waals surface area (Å²) in [5.74, 6) is 2.06. The molecule has 0 N–H and O–H groups in total. The van der Waals surface area contributed by atoms with Gasteiger partial charge in [-0.2, -0.15) is 0 Å². The Morgan fingerprint density at radius 3 is 2.00 bits per heavy atom. The van der Waals surface area contributed by atoms with Crippen LogP contribution in [0.25, 0.3) is 0 Å². The van der Waals surface area contributed by atoms with Crippen LogP contribution in [0, 0.1) is 0 Å². The minimum atomic E-state index is 0.626. The van der Waals surface area contributed by atoms with Gasteiger partial charge in [0, 0.05) is 36.4 Å². The molecule has 5 rings (SSSR count). The number of rotatable bonds is 4. The van der Waals surface area contributed by atoms with Crippen LogP contribution >= 0.6 is 0 Å². The van der Waals surface area contributed by atoms with E-state index < -0.39 is 0 Å². The summed E-state index contributed by atoms with van der Waals surface area (Å²) in [5, 5.41) is 0. The van der Waals surface area contributed by atoms with Gasteiger partial charge in [-0.15, -0.1) is 0 Å². The van der Waals surface area contributed by atoms with Gasteiger partial charge in [0.1, 0.15) is 18.2 Å². The first kappa shape index (κ1) is 20.3. The molecule has 0 saturated carbocycles. The number of fused-ring (bicyclic) bond motifs is 2. The van der Waals surface area contributed by atoms with Crippen molar-refractivity contribution in [2.75, 3.05) is 24.9 Å². The van der Waals surface area contributed by atoms with Crippen molar-refractivity contribution in [3.8, 4) is 11.5 Å². The zero-order valence-electron chi connectivity index (χ0n) is 17.7. The normalized spacial score (nSPS) is 15.0. The lowest BCUT2D eigenvalue weighted by molar-refractivity contribution is 0.0941. The maximum Gasteiger partial charge on any atom is 0.161 e. The lowest BCUT2D eigenvalue weighted by Gasteiger charge is -2.30. The maximum absolute atomic E-state index is 5.72. The van der Waals surface area contributed by atoms with E-state index in [-0.39, 0.29) is 0 Å². The van der Waals surface area contributed by atoms with Crippen molar-refractivity contribution in [3.05, 3.63) is 90.0 Å². The zero-order valence-corrected chi connectivity index (χ0v) is 17.7. The van der Waals surface area contributed by atoms with E-state index in [9.17, 15) is 0 Å². The summed E-state index contributed by atoms with van der Waals surface area (Å²) in [6.07, 6.45) is 2.50. The number of hydrogen-bond donors (Lipinski definition) is 0. The van der Waals surface area contributed by atoms with Gasteiger partial charge in [0.05, 0.1) is 0 Å². The minimum absolute atomic E-state index is 0.626. The number of para-hydroxylation sites is 3. The fourth-order valence-electron chi connectivity index (χ4n) is 3.73. The maximum atomic E-state index is 5.72. The topological polar surface area (TPSA) is 24.9 Å². The third kappa shape index (κ3) is 5.14. The lowest BCUT2D eigenvalue weighted by atomic mass is 10.1. The molecule has 0 saturated heterocycles. The van der Waals surface area contributed by atoms with E-state index in [0.29, 0.717) is 6.73 Å². The van der Waals surface area contributed by atoms with Crippen LogP contribution in [0.3, 0.4) is 0 Å². The van der Waals surface area contributed by atoms with Crippen LogP contribution < -0.4 is 14.4 Å². The largest absolute Gasteiger partial charge is 0.478 e. The quantitative estimate of drug-likeness (QED) is 0.560. The van der Waals surface area contributed by atoms with Crippen LogP contribution in [-0.4, -0.2) is 24.9 Å². The van der Waals surface area contributed by atoms with Gasteiger partial charge in [-0.1, -0.05) is 67.9 Å². The van der Waals surface area contributed by atoms with Gasteiger partial charge in [-0.25, -0.2) is 0 Å². The Bertz CT molecular complexity index is 929. The number of unbranched alkanes of at least 4 members (excludes halogenated alkanes) is 1. The third-order valence-electron chi connectivity index (χ3n) is 5.43. The van der Waals surface area contributed by atoms with Gasteiger partial charge in [-0.3, -0.25) is 4.90 Å². The molecule has 0 aliphatic carbocycles. The monoisotopic (exact) mass is 402 g/mol. The molecular weight excluding hydrogens is 372 g/mol. The molecule has 4 nitrogen and oxygen atoms in total. The van der Waals surface area contributed by atoms with Crippen molar-refractivity contribution in [2.24, 2.45) is 0 Å². The van der Waals surface area contributed by atoms with E-state index in [1.807, 2.05) is 30.3 Å². The van der Waals surface area contributed by atoms with Gasteiger partial charge in [0.15, 0.2) is 6.73 Å². The molecule has 0 radical (unpaired) electrons. The predicted octanol–water partition coefficient (Wildman–Crippen LogP) is 5.68. The van der Waals surface area contributed by atoms with E-state index >= 15 is 0 Å². The molecule has 0 fully saturated rings. The minimum Gasteiger partial charge on any atom is -0.478 e. The highest BCUT2D eigenvalue weighted by Crippen LogP contribution is 2.27. The Labute approximate surface area is 179 Å². The highest BCUT2D eigenvalue weighted by atomic mass is 16.5. The summed E-state index contributed by atoms with van der Waals surface area (Å²) in [6.45, 7) is 6.69. The zero-order chi connectivity index (χ0) is 20.6. The summed E-state index contributed by atoms with van der Waals surface area (Å²) in [6, 6.07) is 26.9. The number of anilines is 1. The van der Waals surface area contributed by atoms with E-state index in [4.69, 9.17) is 9.47 Å². The first-order valence-electron chi connectivity index (χ1n) is 10.8. The average molecular weight is 403 g/mol. The van der Waals surface area contributed by atoms with Crippen LogP contribution in [0.1, 0.15) is 30.9 Å². The van der Waals surface area contributed by atoms with Gasteiger partial charge in [0.25, 0.3) is 0 Å². The summed E-state index contributed by atoms with van der Waals surface area (Å²) in [4.78, 5) is 4.58. The second-order valence-electron chi connectivity index (χ2n) is 7.70. The van der Waals surface area contributed by atoms with E-state index in [0.717, 1.165) is 37.9 Å². The van der Waals surface area contributed by atoms with Gasteiger partial charge in [0.2, 0.25) is 0 Å². The molecule has 0 atom stereocenters. The Kier molecular flexibility index (Phi) is 6.88. The van der Waals surface area contributed by atoms with Crippen LogP contribution in [0.2, 0.25) is 0 Å². The standard InChI is InChI=1S/C14H13NO.C12H17NO/c1-2-7-13(8-3-1)15-10-12-6-4-5-9-14(12)16-11-15;1-2-3-8-13-9-11-6-4-5-7-12(11)14-10-13/h1-9H,10-11H2;4-7H,2-3,8-10H2,1H3. The number of ether oxygens (including phenoxy) is 2. The summed E-state index contributed by atoms with van der Waals surface area (Å²) < 4.78 is 11.4. The van der Waals surface area contributed by atoms with E-state index in [2.05, 4.69) is 65.3 Å². The van der Waals surface area contributed by atoms with Crippen molar-refractivity contribution in [1.82, 2.24) is 4.90 Å². The molecule has 3 aromatic carbocycles. The molecule has 3 aromatic rings. The van der Waals surface area contributed by atoms with Crippen molar-refractivity contribution in [3.63, 3.8) is 0 Å². The SMILES string of the molecule is CCCCN1COc2ccccc2C1.c1ccc(N2COc3ccccc3C2)cc1. The third-order valence-corrected chi connectivity index (χ3v) is 5.43. The molecular formula is C26H30N2O2. The summed E-state index contributed by atoms with van der Waals surface area (Å²) in [5.41, 5.74) is 3.77. The molecule has 0 aromatic heterocycles. The smallest absolute Gasteiger partial charge is 0.161 e. The molecule has 0 amide bonds. The Morgan fingerprint density at radius 2 is 1.30 bits per heavy atom. The summed E-state index contributed by atoms with van der Waals surface area (Å²) in [7, 11) is 0. The Hall–Kier alpha value is -2.98. The van der Waals surface area contributed by atoms with Gasteiger partial charge < -0.3 is 14.4 Å². The fraction of sp³-hybridized carbons (Fsp3) is 0.308. The van der Waals surface area contributed by atoms with Crippen LogP contribution in [-0.2, 0) is 13.1 Å². The van der Waals surface area contributed by atoms with Crippen molar-refractivity contribution < 1.29 is 9.47 Å². The average Bonchev–Trinajstić information content (AvgIpc) is 2.83. The first-order valence-corrected chi connectivity index (χ1v) is 10.8. The van der Waals surface area contributed by atoms with Gasteiger partial charge in [-0.05, 0) is 30.7 Å². The Morgan fingerprint density at radius 1 is 0.700 bits per heavy atom. The lowest BCUT2D eigenvalue weighted by Crippen LogP contribution is -2.32. The first-order chi connectivity index (χ1) is 14.8. The van der Waals surface area contributed by atoms with Crippen molar-refractivity contribution in [1.29, 1.82) is 0 Å². The Balaban J connectivity index is 0.000000147. The molecule has 30 heavy (non-hydrogen) atoms. The van der Waals surface area contributed by atoms with Crippen molar-refractivity contribution in [2.45, 2.75) is 32.9 Å². The van der Waals surface area contributed by atoms with Crippen molar-refractivity contribution >= 4 is 5.69 Å². The highest BCUT2D eigenvalue weighted by molar-refractivity contribution is 5.49. The number of nitrogens with zero attached hydrogens (tertiary/aromatic N) is 2. The predicted molar refractivity (Wildman–Crippen MR) is 122 cm³/mol. The molecule has 156 valence electrons. The van der Waals surface area contributed by atoms with Crippen LogP contribution in [0.4, 0.5) is 5.69 Å². The number of benzene rings is 3. The molecule has 2 aliphatic heterocycles. The molecule has 2 heterocycles. The second kappa shape index (κ2) is 10.2. The fourth-order valence-corrected chi connectivity index (χ4v) is 3.73. The molecule has 4 heteroatoms. The summed E-state index contributed by atoms with van der Waals surface area (Å²) >= 11 is 0. The van der Waals surface area contributed by atoms with E-state index in [1.165, 1.54) is 29.7 Å².